The standard InChI is InChI=1S/C3H5IO2.ClH/c4-2-1-3(5)6;/h1-2H2,(H,5,6);1H. The van der Waals surface area contributed by atoms with Crippen molar-refractivity contribution in [3.05, 3.63) is 0 Å². The summed E-state index contributed by atoms with van der Waals surface area (Å²) in [4.78, 5) is 9.59. The van der Waals surface area contributed by atoms with Gasteiger partial charge < -0.3 is 5.11 Å². The van der Waals surface area contributed by atoms with Gasteiger partial charge in [0.2, 0.25) is 0 Å². The molecular weight excluding hydrogens is 230 g/mol. The third-order valence-corrected chi connectivity index (χ3v) is 0.848. The Hall–Kier alpha value is 0.490. The minimum absolute atomic E-state index is 0. The lowest BCUT2D eigenvalue weighted by molar-refractivity contribution is -0.136. The Morgan fingerprint density at radius 1 is 1.71 bits per heavy atom. The van der Waals surface area contributed by atoms with Crippen LogP contribution in [0.25, 0.3) is 0 Å². The number of rotatable bonds is 2. The highest BCUT2D eigenvalue weighted by Crippen LogP contribution is 1.85. The second kappa shape index (κ2) is 6.49. The van der Waals surface area contributed by atoms with Crippen LogP contribution in [-0.4, -0.2) is 15.5 Å². The van der Waals surface area contributed by atoms with Crippen LogP contribution < -0.4 is 0 Å². The Morgan fingerprint density at radius 2 is 2.14 bits per heavy atom. The molecule has 0 aromatic carbocycles. The van der Waals surface area contributed by atoms with Gasteiger partial charge in [-0.1, -0.05) is 22.6 Å². The van der Waals surface area contributed by atoms with Crippen molar-refractivity contribution in [2.75, 3.05) is 4.43 Å². The Kier molecular flexibility index (Phi) is 9.70. The van der Waals surface area contributed by atoms with Crippen molar-refractivity contribution < 1.29 is 9.90 Å². The molecule has 0 unspecified atom stereocenters. The zero-order valence-corrected chi connectivity index (χ0v) is 6.53. The van der Waals surface area contributed by atoms with Crippen molar-refractivity contribution >= 4 is 41.0 Å². The van der Waals surface area contributed by atoms with Crippen molar-refractivity contribution in [3.63, 3.8) is 0 Å². The number of hydrogen-bond acceptors (Lipinski definition) is 1. The van der Waals surface area contributed by atoms with Crippen LogP contribution in [0.2, 0.25) is 0 Å². The average molecular weight is 236 g/mol. The summed E-state index contributed by atoms with van der Waals surface area (Å²) in [5, 5.41) is 7.91. The van der Waals surface area contributed by atoms with Gasteiger partial charge in [0, 0.05) is 4.43 Å². The first kappa shape index (κ1) is 10.5. The van der Waals surface area contributed by atoms with Gasteiger partial charge in [0.15, 0.2) is 0 Å². The lowest BCUT2D eigenvalue weighted by Gasteiger charge is -1.78. The zero-order chi connectivity index (χ0) is 4.99. The third-order valence-electron chi connectivity index (χ3n) is 0.308. The zero-order valence-electron chi connectivity index (χ0n) is 3.56. The highest BCUT2D eigenvalue weighted by molar-refractivity contribution is 14.1. The van der Waals surface area contributed by atoms with Gasteiger partial charge in [0.25, 0.3) is 0 Å². The molecule has 0 heterocycles. The molecule has 0 aliphatic heterocycles. The van der Waals surface area contributed by atoms with Gasteiger partial charge in [-0.2, -0.15) is 0 Å². The molecule has 0 aliphatic rings. The molecule has 0 radical (unpaired) electrons. The molecule has 0 fully saturated rings. The molecule has 2 nitrogen and oxygen atoms in total. The Bertz CT molecular complexity index is 56.9. The fourth-order valence-electron chi connectivity index (χ4n) is 0.0808. The van der Waals surface area contributed by atoms with Crippen LogP contribution in [0.5, 0.6) is 0 Å². The summed E-state index contributed by atoms with van der Waals surface area (Å²) < 4.78 is 0.701. The van der Waals surface area contributed by atoms with Crippen molar-refractivity contribution in [2.45, 2.75) is 6.42 Å². The molecule has 0 saturated heterocycles. The third kappa shape index (κ3) is 10.7. The average Bonchev–Trinajstić information content (AvgIpc) is 1.35. The molecule has 0 spiro atoms. The topological polar surface area (TPSA) is 37.3 Å². The molecular formula is C3H6ClIO2. The summed E-state index contributed by atoms with van der Waals surface area (Å²) in [5.74, 6) is -0.718. The van der Waals surface area contributed by atoms with E-state index in [4.69, 9.17) is 5.11 Å². The van der Waals surface area contributed by atoms with Crippen LogP contribution in [-0.2, 0) is 4.79 Å². The van der Waals surface area contributed by atoms with Crippen molar-refractivity contribution in [3.8, 4) is 0 Å². The maximum atomic E-state index is 9.59. The van der Waals surface area contributed by atoms with Gasteiger partial charge in [0.05, 0.1) is 6.42 Å². The van der Waals surface area contributed by atoms with Crippen molar-refractivity contribution in [1.29, 1.82) is 0 Å². The molecule has 0 aromatic heterocycles. The Labute approximate surface area is 61.8 Å². The molecule has 4 heteroatoms. The summed E-state index contributed by atoms with van der Waals surface area (Å²) in [7, 11) is 0. The normalized spacial score (nSPS) is 7.00. The van der Waals surface area contributed by atoms with E-state index in [1.807, 2.05) is 22.6 Å². The number of aliphatic carboxylic acids is 1. The Morgan fingerprint density at radius 3 is 2.14 bits per heavy atom. The van der Waals surface area contributed by atoms with E-state index in [-0.39, 0.29) is 18.8 Å². The summed E-state index contributed by atoms with van der Waals surface area (Å²) in [6, 6.07) is 0. The van der Waals surface area contributed by atoms with E-state index in [1.54, 1.807) is 0 Å². The number of carboxylic acids is 1. The van der Waals surface area contributed by atoms with Crippen LogP contribution in [0.3, 0.4) is 0 Å². The molecule has 0 amide bonds. The fraction of sp³-hybridized carbons (Fsp3) is 0.667. The minimum atomic E-state index is -0.718. The summed E-state index contributed by atoms with van der Waals surface area (Å²) in [5.41, 5.74) is 0. The van der Waals surface area contributed by atoms with Crippen LogP contribution in [0, 0.1) is 0 Å². The molecule has 0 saturated carbocycles. The molecule has 1 N–H and O–H groups in total. The number of carboxylic acid groups (broad SMARTS) is 1. The predicted molar refractivity (Wildman–Crippen MR) is 38.4 cm³/mol. The van der Waals surface area contributed by atoms with E-state index in [1.165, 1.54) is 0 Å². The van der Waals surface area contributed by atoms with E-state index in [2.05, 4.69) is 0 Å². The highest BCUT2D eigenvalue weighted by atomic mass is 127. The first-order valence-electron chi connectivity index (χ1n) is 1.55. The summed E-state index contributed by atoms with van der Waals surface area (Å²) in [6.07, 6.45) is 0.278. The van der Waals surface area contributed by atoms with Crippen molar-refractivity contribution in [1.82, 2.24) is 0 Å². The Balaban J connectivity index is 0. The SMILES string of the molecule is Cl.O=C(O)CCI. The molecule has 0 rings (SSSR count). The molecule has 0 aromatic rings. The van der Waals surface area contributed by atoms with E-state index >= 15 is 0 Å². The van der Waals surface area contributed by atoms with Gasteiger partial charge >= 0.3 is 5.97 Å². The van der Waals surface area contributed by atoms with Gasteiger partial charge in [-0.3, -0.25) is 4.79 Å². The molecule has 44 valence electrons. The van der Waals surface area contributed by atoms with Crippen LogP contribution >= 0.6 is 35.0 Å². The summed E-state index contributed by atoms with van der Waals surface area (Å²) >= 11 is 2.02. The number of carbonyl (C=O) groups is 1. The van der Waals surface area contributed by atoms with Crippen LogP contribution in [0.4, 0.5) is 0 Å². The first-order chi connectivity index (χ1) is 2.77. The van der Waals surface area contributed by atoms with Crippen molar-refractivity contribution in [2.24, 2.45) is 0 Å². The van der Waals surface area contributed by atoms with Gasteiger partial charge in [-0.15, -0.1) is 12.4 Å². The van der Waals surface area contributed by atoms with Gasteiger partial charge in [0.1, 0.15) is 0 Å². The molecule has 7 heavy (non-hydrogen) atoms. The van der Waals surface area contributed by atoms with Gasteiger partial charge in [-0.25, -0.2) is 0 Å². The lowest BCUT2D eigenvalue weighted by Crippen LogP contribution is -1.92. The quantitative estimate of drug-likeness (QED) is 0.580. The molecule has 0 aliphatic carbocycles. The monoisotopic (exact) mass is 236 g/mol. The van der Waals surface area contributed by atoms with E-state index in [0.29, 0.717) is 4.43 Å². The highest BCUT2D eigenvalue weighted by Gasteiger charge is 1.88. The number of halogens is 2. The molecule has 0 atom stereocenters. The number of alkyl halides is 1. The maximum Gasteiger partial charge on any atom is 0.304 e. The molecule has 0 bridgehead atoms. The summed E-state index contributed by atoms with van der Waals surface area (Å²) in [6.45, 7) is 0. The van der Waals surface area contributed by atoms with E-state index in [9.17, 15) is 4.79 Å². The minimum Gasteiger partial charge on any atom is -0.481 e. The largest absolute Gasteiger partial charge is 0.481 e. The van der Waals surface area contributed by atoms with E-state index < -0.39 is 5.97 Å². The predicted octanol–water partition coefficient (Wildman–Crippen LogP) is 1.32. The second-order valence-corrected chi connectivity index (χ2v) is 1.91. The first-order valence-corrected chi connectivity index (χ1v) is 3.07. The smallest absolute Gasteiger partial charge is 0.304 e. The maximum absolute atomic E-state index is 9.59. The second-order valence-electron chi connectivity index (χ2n) is 0.833. The fourth-order valence-corrected chi connectivity index (χ4v) is 0.542. The van der Waals surface area contributed by atoms with E-state index in [0.717, 1.165) is 0 Å². The number of hydrogen-bond donors (Lipinski definition) is 1. The van der Waals surface area contributed by atoms with Crippen LogP contribution in [0.15, 0.2) is 0 Å². The van der Waals surface area contributed by atoms with Gasteiger partial charge in [-0.05, 0) is 0 Å². The lowest BCUT2D eigenvalue weighted by atomic mass is 10.5. The van der Waals surface area contributed by atoms with Crippen LogP contribution in [0.1, 0.15) is 6.42 Å².